The summed E-state index contributed by atoms with van der Waals surface area (Å²) in [6.45, 7) is 0.431. The second-order valence-corrected chi connectivity index (χ2v) is 4.26. The van der Waals surface area contributed by atoms with Crippen molar-refractivity contribution in [2.75, 3.05) is 0 Å². The molecular weight excluding hydrogens is 241 g/mol. The first-order valence-electron chi connectivity index (χ1n) is 5.90. The van der Waals surface area contributed by atoms with Crippen molar-refractivity contribution < 1.29 is 14.4 Å². The summed E-state index contributed by atoms with van der Waals surface area (Å²) in [6.07, 6.45) is 0. The van der Waals surface area contributed by atoms with E-state index in [1.807, 2.05) is 18.2 Å². The van der Waals surface area contributed by atoms with Gasteiger partial charge in [0.15, 0.2) is 0 Å². The highest BCUT2D eigenvalue weighted by Gasteiger charge is 2.36. The van der Waals surface area contributed by atoms with E-state index in [1.54, 1.807) is 24.3 Å². The van der Waals surface area contributed by atoms with Crippen LogP contribution in [0, 0.1) is 11.3 Å². The summed E-state index contributed by atoms with van der Waals surface area (Å²) in [5.74, 6) is 1.19. The van der Waals surface area contributed by atoms with Gasteiger partial charge < -0.3 is 14.4 Å². The number of hydrogen-bond donors (Lipinski definition) is 0. The van der Waals surface area contributed by atoms with Crippen LogP contribution in [0.2, 0.25) is 0 Å². The Morgan fingerprint density at radius 1 is 1.26 bits per heavy atom. The van der Waals surface area contributed by atoms with Gasteiger partial charge in [-0.05, 0) is 29.8 Å². The Balaban J connectivity index is 1.91. The molecule has 0 radical (unpaired) electrons. The summed E-state index contributed by atoms with van der Waals surface area (Å²) in [5.41, 5.74) is 2.34. The van der Waals surface area contributed by atoms with E-state index in [2.05, 4.69) is 6.07 Å². The van der Waals surface area contributed by atoms with Crippen molar-refractivity contribution in [3.63, 3.8) is 0 Å². The van der Waals surface area contributed by atoms with Crippen LogP contribution in [-0.4, -0.2) is 12.1 Å². The molecule has 0 unspecified atom stereocenters. The minimum absolute atomic E-state index is 0.431. The minimum atomic E-state index is -0.601. The van der Waals surface area contributed by atoms with E-state index in [1.165, 1.54) is 0 Å². The highest BCUT2D eigenvalue weighted by Crippen LogP contribution is 2.26. The topological polar surface area (TPSA) is 65.2 Å². The Labute approximate surface area is 111 Å². The molecule has 0 aromatic heterocycles. The third-order valence-corrected chi connectivity index (χ3v) is 3.04. The van der Waals surface area contributed by atoms with Crippen LogP contribution in [0.15, 0.2) is 42.5 Å². The molecular formula is C14H11BNO3+. The summed E-state index contributed by atoms with van der Waals surface area (Å²) in [5, 5.41) is 16.7. The fourth-order valence-electron chi connectivity index (χ4n) is 2.06. The van der Waals surface area contributed by atoms with Crippen LogP contribution in [-0.2, 0) is 11.3 Å². The van der Waals surface area contributed by atoms with Crippen LogP contribution < -0.4 is 10.2 Å². The van der Waals surface area contributed by atoms with Gasteiger partial charge in [0.2, 0.25) is 0 Å². The van der Waals surface area contributed by atoms with Crippen LogP contribution in [0.4, 0.5) is 0 Å². The number of rotatable bonds is 2. The predicted molar refractivity (Wildman–Crippen MR) is 71.5 cm³/mol. The van der Waals surface area contributed by atoms with Crippen molar-refractivity contribution in [2.45, 2.75) is 6.61 Å². The highest BCUT2D eigenvalue weighted by molar-refractivity contribution is 6.61. The summed E-state index contributed by atoms with van der Waals surface area (Å²) < 4.78 is 11.0. The fraction of sp³-hybridized carbons (Fsp3) is 0.0714. The molecule has 0 saturated heterocycles. The molecule has 0 amide bonds. The molecule has 92 valence electrons. The minimum Gasteiger partial charge on any atom is -0.522 e. The van der Waals surface area contributed by atoms with Crippen LogP contribution >= 0.6 is 0 Å². The Hall–Kier alpha value is -2.29. The smallest absolute Gasteiger partial charge is 0.522 e. The van der Waals surface area contributed by atoms with Gasteiger partial charge in [0.25, 0.3) is 0 Å². The van der Waals surface area contributed by atoms with Crippen LogP contribution in [0.3, 0.4) is 0 Å². The van der Waals surface area contributed by atoms with Gasteiger partial charge in [0.1, 0.15) is 17.6 Å². The number of hydrogen-bond acceptors (Lipinski definition) is 3. The lowest BCUT2D eigenvalue weighted by atomic mass is 9.80. The van der Waals surface area contributed by atoms with E-state index in [-0.39, 0.29) is 0 Å². The zero-order valence-corrected chi connectivity index (χ0v) is 10.1. The second-order valence-electron chi connectivity index (χ2n) is 4.26. The van der Waals surface area contributed by atoms with Crippen molar-refractivity contribution in [2.24, 2.45) is 0 Å². The van der Waals surface area contributed by atoms with E-state index >= 15 is 0 Å². The van der Waals surface area contributed by atoms with Crippen molar-refractivity contribution in [1.29, 1.82) is 5.26 Å². The molecule has 5 heteroatoms. The normalized spacial score (nSPS) is 12.9. The van der Waals surface area contributed by atoms with E-state index in [0.717, 1.165) is 11.0 Å². The lowest BCUT2D eigenvalue weighted by molar-refractivity contribution is 0.275. The van der Waals surface area contributed by atoms with Gasteiger partial charge in [-0.1, -0.05) is 18.2 Å². The number of ether oxygens (including phenoxy) is 1. The van der Waals surface area contributed by atoms with Gasteiger partial charge >= 0.3 is 7.12 Å². The maximum absolute atomic E-state index is 9.01. The molecule has 0 atom stereocenters. The third kappa shape index (κ3) is 2.19. The standard InChI is InChI=1S/C14H10BNO3/c16-8-10-3-1-2-4-14(10)19-12-5-6-13-11(7-12)9-18-15(13)17/h1-7,17H,9H2/p+1. The predicted octanol–water partition coefficient (Wildman–Crippen LogP) is 1.30. The molecule has 1 aliphatic rings. The molecule has 2 aromatic rings. The van der Waals surface area contributed by atoms with Gasteiger partial charge in [-0.25, -0.2) is 0 Å². The van der Waals surface area contributed by atoms with E-state index in [0.29, 0.717) is 23.7 Å². The van der Waals surface area contributed by atoms with Crippen LogP contribution in [0.1, 0.15) is 11.1 Å². The molecule has 2 N–H and O–H groups in total. The van der Waals surface area contributed by atoms with Gasteiger partial charge in [-0.3, -0.25) is 0 Å². The summed E-state index contributed by atoms with van der Waals surface area (Å²) in [4.78, 5) is 0. The van der Waals surface area contributed by atoms with Crippen molar-refractivity contribution in [3.8, 4) is 17.6 Å². The fourth-order valence-corrected chi connectivity index (χ4v) is 2.06. The van der Waals surface area contributed by atoms with Gasteiger partial charge in [-0.15, -0.1) is 0 Å². The molecule has 4 nitrogen and oxygen atoms in total. The molecule has 2 aromatic carbocycles. The monoisotopic (exact) mass is 252 g/mol. The van der Waals surface area contributed by atoms with Crippen molar-refractivity contribution in [3.05, 3.63) is 53.6 Å². The largest absolute Gasteiger partial charge is 0.731 e. The summed E-state index contributed by atoms with van der Waals surface area (Å²) in [6, 6.07) is 14.7. The zero-order valence-electron chi connectivity index (χ0n) is 10.1. The number of benzene rings is 2. The third-order valence-electron chi connectivity index (χ3n) is 3.04. The molecule has 0 aliphatic carbocycles. The quantitative estimate of drug-likeness (QED) is 0.597. The van der Waals surface area contributed by atoms with Gasteiger partial charge in [0, 0.05) is 0 Å². The number of nitrogens with zero attached hydrogens (tertiary/aromatic N) is 1. The molecule has 1 heterocycles. The average molecular weight is 252 g/mol. The SMILES string of the molecule is N#Cc1ccccc1Oc1ccc2c(c1)COB2[OH2+]. The zero-order chi connectivity index (χ0) is 13.2. The maximum Gasteiger partial charge on any atom is 0.731 e. The molecule has 0 saturated carbocycles. The van der Waals surface area contributed by atoms with E-state index in [9.17, 15) is 0 Å². The Morgan fingerprint density at radius 2 is 2.11 bits per heavy atom. The maximum atomic E-state index is 9.01. The number of para-hydroxylation sites is 1. The van der Waals surface area contributed by atoms with Crippen LogP contribution in [0.25, 0.3) is 0 Å². The first-order valence-corrected chi connectivity index (χ1v) is 5.90. The van der Waals surface area contributed by atoms with Gasteiger partial charge in [0.05, 0.1) is 17.6 Å². The van der Waals surface area contributed by atoms with Gasteiger partial charge in [-0.2, -0.15) is 5.26 Å². The Morgan fingerprint density at radius 3 is 2.95 bits per heavy atom. The molecule has 0 spiro atoms. The number of fused-ring (bicyclic) bond motifs is 1. The Kier molecular flexibility index (Phi) is 2.96. The van der Waals surface area contributed by atoms with Crippen LogP contribution in [0.5, 0.6) is 11.5 Å². The molecule has 0 bridgehead atoms. The lowest BCUT2D eigenvalue weighted by Gasteiger charge is -2.07. The Bertz CT molecular complexity index is 666. The molecule has 19 heavy (non-hydrogen) atoms. The lowest BCUT2D eigenvalue weighted by Crippen LogP contribution is -2.27. The average Bonchev–Trinajstić information content (AvgIpc) is 2.81. The first kappa shape index (κ1) is 11.8. The van der Waals surface area contributed by atoms with Crippen molar-refractivity contribution in [1.82, 2.24) is 0 Å². The second kappa shape index (κ2) is 4.77. The molecule has 1 aliphatic heterocycles. The molecule has 0 fully saturated rings. The summed E-state index contributed by atoms with van der Waals surface area (Å²) in [7, 11) is -0.601. The van der Waals surface area contributed by atoms with E-state index in [4.69, 9.17) is 19.7 Å². The van der Waals surface area contributed by atoms with Crippen molar-refractivity contribution >= 4 is 12.6 Å². The first-order chi connectivity index (χ1) is 9.28. The highest BCUT2D eigenvalue weighted by atomic mass is 16.5. The summed E-state index contributed by atoms with van der Waals surface area (Å²) >= 11 is 0. The van der Waals surface area contributed by atoms with E-state index < -0.39 is 7.12 Å². The molecule has 3 rings (SSSR count). The number of nitriles is 1.